The molecule has 1 amide bonds. The minimum Gasteiger partial charge on any atom is -0.347 e. The molecule has 0 spiro atoms. The predicted molar refractivity (Wildman–Crippen MR) is 93.7 cm³/mol. The standard InChI is InChI=1S/C19H14FN5O/c20-17-3-1-14(2-4-17)18-16(12-24-25-18)9-15(10-21)19(26)23-11-13-5-7-22-8-6-13/h1-9,12H,11H2,(H,23,26)(H,24,25)/b15-9+. The molecule has 6 nitrogen and oxygen atoms in total. The van der Waals surface area contributed by atoms with E-state index >= 15 is 0 Å². The first-order valence-electron chi connectivity index (χ1n) is 7.75. The molecular formula is C19H14FN5O. The molecule has 128 valence electrons. The van der Waals surface area contributed by atoms with Crippen LogP contribution < -0.4 is 5.32 Å². The Labute approximate surface area is 149 Å². The van der Waals surface area contributed by atoms with Gasteiger partial charge in [-0.2, -0.15) is 10.4 Å². The van der Waals surface area contributed by atoms with E-state index in [2.05, 4.69) is 20.5 Å². The third-order valence-corrected chi connectivity index (χ3v) is 3.67. The number of nitriles is 1. The Balaban J connectivity index is 1.79. The summed E-state index contributed by atoms with van der Waals surface area (Å²) in [5, 5.41) is 18.8. The molecule has 0 unspecified atom stereocenters. The first-order valence-corrected chi connectivity index (χ1v) is 7.75. The largest absolute Gasteiger partial charge is 0.347 e. The molecule has 7 heteroatoms. The van der Waals surface area contributed by atoms with Gasteiger partial charge in [0.1, 0.15) is 17.5 Å². The molecule has 0 bridgehead atoms. The minimum absolute atomic E-state index is 0.0520. The number of pyridine rings is 1. The van der Waals surface area contributed by atoms with E-state index in [1.807, 2.05) is 6.07 Å². The maximum absolute atomic E-state index is 13.1. The van der Waals surface area contributed by atoms with Gasteiger partial charge < -0.3 is 5.32 Å². The molecule has 2 aromatic heterocycles. The van der Waals surface area contributed by atoms with Gasteiger partial charge in [0.15, 0.2) is 0 Å². The summed E-state index contributed by atoms with van der Waals surface area (Å²) in [6.45, 7) is 0.288. The number of halogens is 1. The summed E-state index contributed by atoms with van der Waals surface area (Å²) in [5.74, 6) is -0.839. The highest BCUT2D eigenvalue weighted by Crippen LogP contribution is 2.23. The van der Waals surface area contributed by atoms with Gasteiger partial charge in [-0.25, -0.2) is 4.39 Å². The quantitative estimate of drug-likeness (QED) is 0.548. The summed E-state index contributed by atoms with van der Waals surface area (Å²) in [5.41, 5.74) is 2.68. The van der Waals surface area contributed by atoms with Crippen molar-refractivity contribution in [2.75, 3.05) is 0 Å². The lowest BCUT2D eigenvalue weighted by atomic mass is 10.1. The maximum atomic E-state index is 13.1. The van der Waals surface area contributed by atoms with Crippen molar-refractivity contribution in [2.45, 2.75) is 6.54 Å². The van der Waals surface area contributed by atoms with Gasteiger partial charge in [0, 0.05) is 30.1 Å². The normalized spacial score (nSPS) is 11.0. The number of carbonyl (C=O) groups is 1. The molecule has 0 aliphatic rings. The molecule has 1 aromatic carbocycles. The number of hydrogen-bond acceptors (Lipinski definition) is 4. The molecule has 2 heterocycles. The second kappa shape index (κ2) is 7.85. The van der Waals surface area contributed by atoms with E-state index in [0.717, 1.165) is 5.56 Å². The number of hydrogen-bond donors (Lipinski definition) is 2. The number of rotatable bonds is 5. The van der Waals surface area contributed by atoms with Crippen molar-refractivity contribution < 1.29 is 9.18 Å². The van der Waals surface area contributed by atoms with Gasteiger partial charge in [-0.15, -0.1) is 0 Å². The summed E-state index contributed by atoms with van der Waals surface area (Å²) in [4.78, 5) is 16.2. The highest BCUT2D eigenvalue weighted by molar-refractivity contribution is 6.02. The van der Waals surface area contributed by atoms with Gasteiger partial charge in [-0.05, 0) is 48.0 Å². The van der Waals surface area contributed by atoms with E-state index in [-0.39, 0.29) is 17.9 Å². The van der Waals surface area contributed by atoms with Gasteiger partial charge in [0.05, 0.1) is 11.9 Å². The smallest absolute Gasteiger partial charge is 0.262 e. The summed E-state index contributed by atoms with van der Waals surface area (Å²) < 4.78 is 13.1. The number of benzene rings is 1. The Morgan fingerprint density at radius 1 is 1.23 bits per heavy atom. The molecule has 26 heavy (non-hydrogen) atoms. The molecule has 0 saturated heterocycles. The van der Waals surface area contributed by atoms with Gasteiger partial charge in [-0.1, -0.05) is 0 Å². The van der Waals surface area contributed by atoms with Gasteiger partial charge in [0.2, 0.25) is 0 Å². The fraction of sp³-hybridized carbons (Fsp3) is 0.0526. The zero-order chi connectivity index (χ0) is 18.4. The molecule has 0 radical (unpaired) electrons. The Morgan fingerprint density at radius 2 is 1.96 bits per heavy atom. The second-order valence-corrected chi connectivity index (χ2v) is 5.42. The monoisotopic (exact) mass is 347 g/mol. The van der Waals surface area contributed by atoms with Crippen LogP contribution in [0.15, 0.2) is 60.6 Å². The van der Waals surface area contributed by atoms with E-state index in [4.69, 9.17) is 0 Å². The molecular weight excluding hydrogens is 333 g/mol. The lowest BCUT2D eigenvalue weighted by molar-refractivity contribution is -0.117. The maximum Gasteiger partial charge on any atom is 0.262 e. The van der Waals surface area contributed by atoms with Gasteiger partial charge in [-0.3, -0.25) is 14.9 Å². The van der Waals surface area contributed by atoms with Crippen molar-refractivity contribution in [2.24, 2.45) is 0 Å². The molecule has 0 aliphatic heterocycles. The molecule has 0 saturated carbocycles. The first kappa shape index (κ1) is 17.0. The van der Waals surface area contributed by atoms with E-state index in [9.17, 15) is 14.4 Å². The Bertz CT molecular complexity index is 971. The molecule has 0 atom stereocenters. The van der Waals surface area contributed by atoms with E-state index in [1.165, 1.54) is 24.4 Å². The predicted octanol–water partition coefficient (Wildman–Crippen LogP) is 2.83. The molecule has 0 fully saturated rings. The summed E-state index contributed by atoms with van der Waals surface area (Å²) in [7, 11) is 0. The highest BCUT2D eigenvalue weighted by Gasteiger charge is 2.12. The van der Waals surface area contributed by atoms with Crippen molar-refractivity contribution in [1.82, 2.24) is 20.5 Å². The van der Waals surface area contributed by atoms with Crippen LogP contribution in [0.2, 0.25) is 0 Å². The van der Waals surface area contributed by atoms with Crippen molar-refractivity contribution in [3.63, 3.8) is 0 Å². The van der Waals surface area contributed by atoms with E-state index in [1.54, 1.807) is 36.7 Å². The van der Waals surface area contributed by atoms with Crippen molar-refractivity contribution >= 4 is 12.0 Å². The molecule has 3 aromatic rings. The fourth-order valence-electron chi connectivity index (χ4n) is 2.33. The van der Waals surface area contributed by atoms with Crippen LogP contribution in [-0.2, 0) is 11.3 Å². The van der Waals surface area contributed by atoms with Crippen LogP contribution in [0.1, 0.15) is 11.1 Å². The highest BCUT2D eigenvalue weighted by atomic mass is 19.1. The SMILES string of the molecule is N#C/C(=C\c1cn[nH]c1-c1ccc(F)cc1)C(=O)NCc1ccncc1. The molecule has 2 N–H and O–H groups in total. The zero-order valence-corrected chi connectivity index (χ0v) is 13.6. The third kappa shape index (κ3) is 3.99. The van der Waals surface area contributed by atoms with Gasteiger partial charge >= 0.3 is 0 Å². The number of nitrogens with zero attached hydrogens (tertiary/aromatic N) is 3. The Morgan fingerprint density at radius 3 is 2.65 bits per heavy atom. The number of aromatic amines is 1. The topological polar surface area (TPSA) is 94.5 Å². The van der Waals surface area contributed by atoms with Crippen molar-refractivity contribution in [1.29, 1.82) is 5.26 Å². The van der Waals surface area contributed by atoms with Crippen molar-refractivity contribution in [3.8, 4) is 17.3 Å². The lowest BCUT2D eigenvalue weighted by Gasteiger charge is -2.04. The second-order valence-electron chi connectivity index (χ2n) is 5.42. The van der Waals surface area contributed by atoms with E-state index in [0.29, 0.717) is 16.8 Å². The molecule has 3 rings (SSSR count). The summed E-state index contributed by atoms with van der Waals surface area (Å²) in [6.07, 6.45) is 6.21. The first-order chi connectivity index (χ1) is 12.7. The number of aromatic nitrogens is 3. The van der Waals surface area contributed by atoms with Crippen LogP contribution in [0.3, 0.4) is 0 Å². The number of carbonyl (C=O) groups excluding carboxylic acids is 1. The van der Waals surface area contributed by atoms with Crippen LogP contribution in [0.4, 0.5) is 4.39 Å². The van der Waals surface area contributed by atoms with Gasteiger partial charge in [0.25, 0.3) is 5.91 Å². The fourth-order valence-corrected chi connectivity index (χ4v) is 2.33. The number of nitrogens with one attached hydrogen (secondary N) is 2. The third-order valence-electron chi connectivity index (χ3n) is 3.67. The van der Waals surface area contributed by atoms with Crippen molar-refractivity contribution in [3.05, 3.63) is 77.5 Å². The number of amides is 1. The lowest BCUT2D eigenvalue weighted by Crippen LogP contribution is -2.23. The van der Waals surface area contributed by atoms with Crippen LogP contribution in [0.25, 0.3) is 17.3 Å². The van der Waals surface area contributed by atoms with Crippen LogP contribution in [0, 0.1) is 17.1 Å². The van der Waals surface area contributed by atoms with Crippen LogP contribution in [-0.4, -0.2) is 21.1 Å². The average Bonchev–Trinajstić information content (AvgIpc) is 3.14. The molecule has 0 aliphatic carbocycles. The average molecular weight is 347 g/mol. The van der Waals surface area contributed by atoms with Crippen LogP contribution >= 0.6 is 0 Å². The minimum atomic E-state index is -0.490. The summed E-state index contributed by atoms with van der Waals surface area (Å²) in [6, 6.07) is 11.3. The Kier molecular flexibility index (Phi) is 5.15. The Hall–Kier alpha value is -3.79. The van der Waals surface area contributed by atoms with E-state index < -0.39 is 5.91 Å². The number of H-pyrrole nitrogens is 1. The van der Waals surface area contributed by atoms with Crippen LogP contribution in [0.5, 0.6) is 0 Å². The zero-order valence-electron chi connectivity index (χ0n) is 13.6. The summed E-state index contributed by atoms with van der Waals surface area (Å²) >= 11 is 0.